The Bertz CT molecular complexity index is 206. The number of aldehydes is 1. The van der Waals surface area contributed by atoms with Gasteiger partial charge >= 0.3 is 0 Å². The lowest BCUT2D eigenvalue weighted by Gasteiger charge is -2.07. The van der Waals surface area contributed by atoms with E-state index in [1.807, 2.05) is 0 Å². The zero-order valence-electron chi connectivity index (χ0n) is 5.18. The van der Waals surface area contributed by atoms with Crippen molar-refractivity contribution >= 4 is 6.29 Å². The van der Waals surface area contributed by atoms with Gasteiger partial charge in [0.05, 0.1) is 0 Å². The highest BCUT2D eigenvalue weighted by Crippen LogP contribution is 2.23. The van der Waals surface area contributed by atoms with E-state index in [0.29, 0.717) is 6.29 Å². The van der Waals surface area contributed by atoms with Crippen LogP contribution in [0.15, 0.2) is 23.8 Å². The van der Waals surface area contributed by atoms with Crippen LogP contribution in [-0.2, 0) is 4.79 Å². The van der Waals surface area contributed by atoms with Crippen molar-refractivity contribution in [2.24, 2.45) is 5.92 Å². The molecule has 0 amide bonds. The summed E-state index contributed by atoms with van der Waals surface area (Å²) in [5, 5.41) is 0. The van der Waals surface area contributed by atoms with Crippen LogP contribution in [0.4, 0.5) is 8.78 Å². The van der Waals surface area contributed by atoms with Crippen LogP contribution in [0.3, 0.4) is 0 Å². The molecule has 0 saturated carbocycles. The van der Waals surface area contributed by atoms with Crippen LogP contribution < -0.4 is 0 Å². The molecule has 54 valence electrons. The van der Waals surface area contributed by atoms with Crippen molar-refractivity contribution in [3.8, 4) is 0 Å². The minimum absolute atomic E-state index is 0.133. The lowest BCUT2D eigenvalue weighted by atomic mass is 10.0. The Balaban J connectivity index is 2.73. The summed E-state index contributed by atoms with van der Waals surface area (Å²) in [5.74, 6) is -2.18. The monoisotopic (exact) mass is 144 g/mol. The molecule has 0 radical (unpaired) electrons. The molecule has 0 spiro atoms. The first-order chi connectivity index (χ1) is 4.74. The predicted octanol–water partition coefficient (Wildman–Crippen LogP) is 1.91. The first-order valence-corrected chi connectivity index (χ1v) is 2.91. The summed E-state index contributed by atoms with van der Waals surface area (Å²) in [6, 6.07) is 0. The molecule has 0 fully saturated rings. The van der Waals surface area contributed by atoms with E-state index in [1.54, 1.807) is 0 Å². The maximum atomic E-state index is 12.3. The second-order valence-corrected chi connectivity index (χ2v) is 2.12. The second kappa shape index (κ2) is 2.73. The fraction of sp³-hybridized carbons (Fsp3) is 0.286. The van der Waals surface area contributed by atoms with E-state index < -0.39 is 17.6 Å². The predicted molar refractivity (Wildman–Crippen MR) is 32.6 cm³/mol. The van der Waals surface area contributed by atoms with E-state index in [0.717, 1.165) is 6.08 Å². The Morgan fingerprint density at radius 2 is 2.30 bits per heavy atom. The van der Waals surface area contributed by atoms with Crippen molar-refractivity contribution in [3.05, 3.63) is 23.8 Å². The molecular formula is C7H6F2O. The fourth-order valence-electron chi connectivity index (χ4n) is 0.764. The largest absolute Gasteiger partial charge is 0.303 e. The van der Waals surface area contributed by atoms with Gasteiger partial charge in [0.1, 0.15) is 12.1 Å². The van der Waals surface area contributed by atoms with Crippen molar-refractivity contribution in [3.63, 3.8) is 0 Å². The van der Waals surface area contributed by atoms with Gasteiger partial charge in [-0.15, -0.1) is 0 Å². The van der Waals surface area contributed by atoms with Crippen molar-refractivity contribution in [2.45, 2.75) is 6.42 Å². The standard InChI is InChI=1S/C7H6F2O/c8-6-2-1-5(4-10)3-7(6)9/h1-2,4-5H,3H2. The normalized spacial score (nSPS) is 25.2. The molecule has 1 aliphatic carbocycles. The third kappa shape index (κ3) is 1.29. The zero-order valence-corrected chi connectivity index (χ0v) is 5.18. The summed E-state index contributed by atoms with van der Waals surface area (Å²) >= 11 is 0. The lowest BCUT2D eigenvalue weighted by molar-refractivity contribution is -0.110. The number of rotatable bonds is 1. The van der Waals surface area contributed by atoms with Crippen molar-refractivity contribution < 1.29 is 13.6 Å². The molecule has 0 bridgehead atoms. The van der Waals surface area contributed by atoms with Crippen LogP contribution in [0.5, 0.6) is 0 Å². The molecule has 1 aliphatic rings. The van der Waals surface area contributed by atoms with Crippen LogP contribution >= 0.6 is 0 Å². The Morgan fingerprint density at radius 1 is 1.60 bits per heavy atom. The summed E-state index contributed by atoms with van der Waals surface area (Å²) in [7, 11) is 0. The van der Waals surface area contributed by atoms with Gasteiger partial charge in [-0.3, -0.25) is 0 Å². The molecular weight excluding hydrogens is 138 g/mol. The summed E-state index contributed by atoms with van der Waals surface area (Å²) in [6.07, 6.45) is 2.80. The Hall–Kier alpha value is -0.990. The minimum Gasteiger partial charge on any atom is -0.303 e. The second-order valence-electron chi connectivity index (χ2n) is 2.12. The topological polar surface area (TPSA) is 17.1 Å². The SMILES string of the molecule is O=CC1C=CC(F)=C(F)C1. The average Bonchev–Trinajstić information content (AvgIpc) is 1.95. The molecule has 0 aromatic carbocycles. The summed E-state index contributed by atoms with van der Waals surface area (Å²) < 4.78 is 24.5. The third-order valence-electron chi connectivity index (χ3n) is 1.34. The van der Waals surface area contributed by atoms with E-state index in [1.165, 1.54) is 6.08 Å². The fourth-order valence-corrected chi connectivity index (χ4v) is 0.764. The Kier molecular flexibility index (Phi) is 1.94. The molecule has 0 aliphatic heterocycles. The maximum absolute atomic E-state index is 12.3. The molecule has 0 saturated heterocycles. The smallest absolute Gasteiger partial charge is 0.154 e. The molecule has 0 aromatic rings. The number of carbonyl (C=O) groups excluding carboxylic acids is 1. The molecule has 1 unspecified atom stereocenters. The number of carbonyl (C=O) groups is 1. The van der Waals surface area contributed by atoms with E-state index in [4.69, 9.17) is 0 Å². The van der Waals surface area contributed by atoms with Gasteiger partial charge < -0.3 is 4.79 Å². The highest BCUT2D eigenvalue weighted by Gasteiger charge is 2.14. The molecule has 3 heteroatoms. The molecule has 1 rings (SSSR count). The van der Waals surface area contributed by atoms with Gasteiger partial charge in [0.15, 0.2) is 5.83 Å². The first-order valence-electron chi connectivity index (χ1n) is 2.91. The summed E-state index contributed by atoms with van der Waals surface area (Å²) in [6.45, 7) is 0. The van der Waals surface area contributed by atoms with E-state index >= 15 is 0 Å². The van der Waals surface area contributed by atoms with Gasteiger partial charge in [-0.05, 0) is 6.08 Å². The Morgan fingerprint density at radius 3 is 2.80 bits per heavy atom. The van der Waals surface area contributed by atoms with Crippen LogP contribution in [-0.4, -0.2) is 6.29 Å². The molecule has 1 nitrogen and oxygen atoms in total. The van der Waals surface area contributed by atoms with Crippen molar-refractivity contribution in [1.29, 1.82) is 0 Å². The Labute approximate surface area is 57.0 Å². The van der Waals surface area contributed by atoms with Crippen LogP contribution in [0.2, 0.25) is 0 Å². The van der Waals surface area contributed by atoms with Gasteiger partial charge in [0, 0.05) is 12.3 Å². The summed E-state index contributed by atoms with van der Waals surface area (Å²) in [5.41, 5.74) is 0. The molecule has 0 aromatic heterocycles. The van der Waals surface area contributed by atoms with Gasteiger partial charge in [-0.1, -0.05) is 6.08 Å². The highest BCUT2D eigenvalue weighted by atomic mass is 19.2. The maximum Gasteiger partial charge on any atom is 0.154 e. The summed E-state index contributed by atoms with van der Waals surface area (Å²) in [4.78, 5) is 10.0. The van der Waals surface area contributed by atoms with Crippen LogP contribution in [0.25, 0.3) is 0 Å². The molecule has 0 N–H and O–H groups in total. The first kappa shape index (κ1) is 7.12. The van der Waals surface area contributed by atoms with Gasteiger partial charge in [0.2, 0.25) is 0 Å². The number of allylic oxidation sites excluding steroid dienone is 4. The minimum atomic E-state index is -0.863. The third-order valence-corrected chi connectivity index (χ3v) is 1.34. The number of halogens is 2. The van der Waals surface area contributed by atoms with E-state index in [2.05, 4.69) is 0 Å². The van der Waals surface area contributed by atoms with E-state index in [-0.39, 0.29) is 6.42 Å². The van der Waals surface area contributed by atoms with Crippen molar-refractivity contribution in [1.82, 2.24) is 0 Å². The van der Waals surface area contributed by atoms with Gasteiger partial charge in [-0.25, -0.2) is 8.78 Å². The number of hydrogen-bond acceptors (Lipinski definition) is 1. The van der Waals surface area contributed by atoms with Gasteiger partial charge in [0.25, 0.3) is 0 Å². The van der Waals surface area contributed by atoms with Gasteiger partial charge in [-0.2, -0.15) is 0 Å². The van der Waals surface area contributed by atoms with Crippen LogP contribution in [0.1, 0.15) is 6.42 Å². The van der Waals surface area contributed by atoms with Crippen molar-refractivity contribution in [2.75, 3.05) is 0 Å². The van der Waals surface area contributed by atoms with Crippen LogP contribution in [0, 0.1) is 5.92 Å². The lowest BCUT2D eigenvalue weighted by Crippen LogP contribution is -2.02. The number of hydrogen-bond donors (Lipinski definition) is 0. The average molecular weight is 144 g/mol. The quantitative estimate of drug-likeness (QED) is 0.514. The molecule has 10 heavy (non-hydrogen) atoms. The highest BCUT2D eigenvalue weighted by molar-refractivity contribution is 5.58. The molecule has 0 heterocycles. The van der Waals surface area contributed by atoms with E-state index in [9.17, 15) is 13.6 Å². The molecule has 1 atom stereocenters. The zero-order chi connectivity index (χ0) is 7.56.